The van der Waals surface area contributed by atoms with Crippen molar-refractivity contribution in [1.82, 2.24) is 0 Å². The van der Waals surface area contributed by atoms with Gasteiger partial charge in [0.05, 0.1) is 18.4 Å². The van der Waals surface area contributed by atoms with Gasteiger partial charge in [-0.05, 0) is 32.9 Å². The van der Waals surface area contributed by atoms with Crippen LogP contribution < -0.4 is 0 Å². The normalized spacial score (nSPS) is 11.9. The molecule has 0 aromatic heterocycles. The van der Waals surface area contributed by atoms with Crippen LogP contribution in [0.4, 0.5) is 0 Å². The van der Waals surface area contributed by atoms with Crippen LogP contribution in [0.2, 0.25) is 0 Å². The average molecular weight is 209 g/mol. The molecule has 0 aliphatic rings. The Balaban J connectivity index is 3.99. The fourth-order valence-corrected chi connectivity index (χ4v) is 0.703. The van der Waals surface area contributed by atoms with E-state index in [1.807, 2.05) is 6.07 Å². The van der Waals surface area contributed by atoms with Crippen LogP contribution in [0.3, 0.4) is 0 Å². The maximum atomic E-state index is 10.9. The molecular weight excluding hydrogens is 194 g/mol. The van der Waals surface area contributed by atoms with Crippen molar-refractivity contribution in [3.63, 3.8) is 0 Å². The lowest BCUT2D eigenvalue weighted by atomic mass is 10.3. The van der Waals surface area contributed by atoms with Gasteiger partial charge in [0.1, 0.15) is 0 Å². The third kappa shape index (κ3) is 7.32. The predicted octanol–water partition coefficient (Wildman–Crippen LogP) is 1.94. The van der Waals surface area contributed by atoms with E-state index in [1.54, 1.807) is 32.9 Å². The fraction of sp³-hybridized carbons (Fsp3) is 0.455. The second-order valence-electron chi connectivity index (χ2n) is 2.83. The molecule has 4 heteroatoms. The topological polar surface area (TPSA) is 59.3 Å². The zero-order chi connectivity index (χ0) is 11.7. The van der Waals surface area contributed by atoms with Gasteiger partial charge in [-0.1, -0.05) is 0 Å². The molecule has 0 heterocycles. The molecule has 4 nitrogen and oxygen atoms in total. The zero-order valence-electron chi connectivity index (χ0n) is 9.24. The average Bonchev–Trinajstić information content (AvgIpc) is 2.23. The molecule has 0 N–H and O–H groups in total. The van der Waals surface area contributed by atoms with Gasteiger partial charge in [0, 0.05) is 5.57 Å². The van der Waals surface area contributed by atoms with Gasteiger partial charge in [0.15, 0.2) is 6.61 Å². The van der Waals surface area contributed by atoms with Crippen molar-refractivity contribution >= 4 is 5.97 Å². The summed E-state index contributed by atoms with van der Waals surface area (Å²) in [4.78, 5) is 10.9. The number of nitrogens with zero attached hydrogens (tertiary/aromatic N) is 1. The molecule has 0 unspecified atom stereocenters. The molecule has 0 radical (unpaired) electrons. The van der Waals surface area contributed by atoms with E-state index in [4.69, 9.17) is 10.00 Å². The summed E-state index contributed by atoms with van der Waals surface area (Å²) in [6.45, 7) is 5.38. The van der Waals surface area contributed by atoms with Gasteiger partial charge in [0.25, 0.3) is 0 Å². The van der Waals surface area contributed by atoms with Gasteiger partial charge in [-0.25, -0.2) is 4.79 Å². The highest BCUT2D eigenvalue weighted by atomic mass is 16.6. The molecule has 0 aliphatic carbocycles. The number of ether oxygens (including phenoxy) is 2. The van der Waals surface area contributed by atoms with Crippen LogP contribution in [-0.4, -0.2) is 19.2 Å². The molecule has 0 bridgehead atoms. The molecule has 15 heavy (non-hydrogen) atoms. The molecule has 0 saturated carbocycles. The molecule has 82 valence electrons. The molecule has 0 saturated heterocycles. The highest BCUT2D eigenvalue weighted by Crippen LogP contribution is 1.99. The van der Waals surface area contributed by atoms with Crippen molar-refractivity contribution in [2.75, 3.05) is 13.2 Å². The number of carbonyl (C=O) groups is 1. The third-order valence-electron chi connectivity index (χ3n) is 1.47. The van der Waals surface area contributed by atoms with Crippen LogP contribution in [-0.2, 0) is 14.3 Å². The largest absolute Gasteiger partial charge is 0.487 e. The van der Waals surface area contributed by atoms with Crippen LogP contribution in [0.25, 0.3) is 0 Å². The van der Waals surface area contributed by atoms with Crippen molar-refractivity contribution in [2.24, 2.45) is 0 Å². The van der Waals surface area contributed by atoms with Crippen LogP contribution in [0, 0.1) is 11.3 Å². The zero-order valence-corrected chi connectivity index (χ0v) is 9.24. The molecule has 0 aromatic rings. The maximum Gasteiger partial charge on any atom is 0.344 e. The molecular formula is C11H15NO3. The number of carbonyl (C=O) groups excluding carboxylic acids is 1. The Morgan fingerprint density at radius 2 is 2.00 bits per heavy atom. The van der Waals surface area contributed by atoms with Crippen molar-refractivity contribution in [3.05, 3.63) is 23.5 Å². The quantitative estimate of drug-likeness (QED) is 0.300. The smallest absolute Gasteiger partial charge is 0.344 e. The number of hydrogen-bond acceptors (Lipinski definition) is 4. The van der Waals surface area contributed by atoms with Gasteiger partial charge < -0.3 is 9.47 Å². The summed E-state index contributed by atoms with van der Waals surface area (Å²) < 4.78 is 9.76. The minimum Gasteiger partial charge on any atom is -0.487 e. The predicted molar refractivity (Wildman–Crippen MR) is 55.7 cm³/mol. The lowest BCUT2D eigenvalue weighted by molar-refractivity contribution is -0.147. The first-order valence-electron chi connectivity index (χ1n) is 4.63. The molecule has 0 amide bonds. The number of esters is 1. The van der Waals surface area contributed by atoms with Crippen LogP contribution >= 0.6 is 0 Å². The van der Waals surface area contributed by atoms with Crippen molar-refractivity contribution in [1.29, 1.82) is 5.26 Å². The monoisotopic (exact) mass is 209 g/mol. The third-order valence-corrected chi connectivity index (χ3v) is 1.47. The van der Waals surface area contributed by atoms with E-state index in [0.717, 1.165) is 0 Å². The van der Waals surface area contributed by atoms with Crippen molar-refractivity contribution < 1.29 is 14.3 Å². The van der Waals surface area contributed by atoms with E-state index in [9.17, 15) is 4.79 Å². The summed E-state index contributed by atoms with van der Waals surface area (Å²) in [6, 6.07) is 1.97. The minimum absolute atomic E-state index is 0.102. The number of allylic oxidation sites excluding steroid dienone is 4. The molecule has 0 spiro atoms. The SMILES string of the molecule is CCOC(=O)CO/C(C)=C/C=C(\C)C#N. The van der Waals surface area contributed by atoms with Crippen molar-refractivity contribution in [2.45, 2.75) is 20.8 Å². The molecule has 0 fully saturated rings. The first-order valence-corrected chi connectivity index (χ1v) is 4.63. The summed E-state index contributed by atoms with van der Waals surface area (Å²) in [5.41, 5.74) is 0.578. The van der Waals surface area contributed by atoms with E-state index in [2.05, 4.69) is 4.74 Å². The Morgan fingerprint density at radius 3 is 2.53 bits per heavy atom. The lowest BCUT2D eigenvalue weighted by Crippen LogP contribution is -2.11. The van der Waals surface area contributed by atoms with E-state index < -0.39 is 5.97 Å². The Labute approximate surface area is 89.8 Å². The van der Waals surface area contributed by atoms with Gasteiger partial charge in [-0.2, -0.15) is 5.26 Å². The van der Waals surface area contributed by atoms with E-state index in [0.29, 0.717) is 17.9 Å². The summed E-state index contributed by atoms with van der Waals surface area (Å²) in [7, 11) is 0. The highest BCUT2D eigenvalue weighted by Gasteiger charge is 2.01. The summed E-state index contributed by atoms with van der Waals surface area (Å²) in [5.74, 6) is 0.170. The van der Waals surface area contributed by atoms with Gasteiger partial charge in [-0.15, -0.1) is 0 Å². The van der Waals surface area contributed by atoms with E-state index in [1.165, 1.54) is 0 Å². The number of nitriles is 1. The summed E-state index contributed by atoms with van der Waals surface area (Å²) in [5, 5.41) is 8.47. The molecule has 0 aromatic carbocycles. The second-order valence-corrected chi connectivity index (χ2v) is 2.83. The molecule has 0 rings (SSSR count). The number of hydrogen-bond donors (Lipinski definition) is 0. The van der Waals surface area contributed by atoms with E-state index >= 15 is 0 Å². The van der Waals surface area contributed by atoms with Crippen LogP contribution in [0.1, 0.15) is 20.8 Å². The maximum absolute atomic E-state index is 10.9. The number of rotatable bonds is 5. The fourth-order valence-electron chi connectivity index (χ4n) is 0.703. The molecule has 0 atom stereocenters. The first-order chi connectivity index (χ1) is 7.10. The standard InChI is InChI=1S/C11H15NO3/c1-4-14-11(13)8-15-10(3)6-5-9(2)7-12/h5-6H,4,8H2,1-3H3/b9-5+,10-6+. The summed E-state index contributed by atoms with van der Waals surface area (Å²) >= 11 is 0. The summed E-state index contributed by atoms with van der Waals surface area (Å²) in [6.07, 6.45) is 3.26. The highest BCUT2D eigenvalue weighted by molar-refractivity contribution is 5.70. The van der Waals surface area contributed by atoms with Gasteiger partial charge in [0.2, 0.25) is 0 Å². The van der Waals surface area contributed by atoms with Crippen LogP contribution in [0.5, 0.6) is 0 Å². The minimum atomic E-state index is -0.397. The van der Waals surface area contributed by atoms with Gasteiger partial charge in [-0.3, -0.25) is 0 Å². The Hall–Kier alpha value is -1.76. The Kier molecular flexibility index (Phi) is 6.73. The second kappa shape index (κ2) is 7.63. The lowest BCUT2D eigenvalue weighted by Gasteiger charge is -2.04. The molecule has 0 aliphatic heterocycles. The van der Waals surface area contributed by atoms with Gasteiger partial charge >= 0.3 is 5.97 Å². The van der Waals surface area contributed by atoms with Crippen molar-refractivity contribution in [3.8, 4) is 6.07 Å². The van der Waals surface area contributed by atoms with Crippen LogP contribution in [0.15, 0.2) is 23.5 Å². The first kappa shape index (κ1) is 13.2. The Bertz CT molecular complexity index is 310. The van der Waals surface area contributed by atoms with E-state index in [-0.39, 0.29) is 6.61 Å². The Morgan fingerprint density at radius 1 is 1.33 bits per heavy atom.